The highest BCUT2D eigenvalue weighted by atomic mass is 16.3. The quantitative estimate of drug-likeness (QED) is 0.790. The van der Waals surface area contributed by atoms with Crippen LogP contribution in [0, 0.1) is 5.92 Å². The smallest absolute Gasteiger partial charge is 0.223 e. The number of amides is 1. The van der Waals surface area contributed by atoms with Crippen LogP contribution in [-0.4, -0.2) is 46.1 Å². The maximum Gasteiger partial charge on any atom is 0.223 e. The Balaban J connectivity index is 1.51. The van der Waals surface area contributed by atoms with E-state index in [0.717, 1.165) is 25.0 Å². The summed E-state index contributed by atoms with van der Waals surface area (Å²) in [6.07, 6.45) is 4.97. The molecule has 142 valence electrons. The van der Waals surface area contributed by atoms with Gasteiger partial charge < -0.3 is 10.4 Å². The number of carbonyl (C=O) groups is 1. The lowest BCUT2D eigenvalue weighted by molar-refractivity contribution is -0.128. The van der Waals surface area contributed by atoms with Gasteiger partial charge in [0.05, 0.1) is 12.3 Å². The lowest BCUT2D eigenvalue weighted by Crippen LogP contribution is -2.66. The predicted octanol–water partition coefficient (Wildman–Crippen LogP) is 2.33. The highest BCUT2D eigenvalue weighted by Gasteiger charge is 2.48. The summed E-state index contributed by atoms with van der Waals surface area (Å²) in [4.78, 5) is 19.1. The summed E-state index contributed by atoms with van der Waals surface area (Å²) in [7, 11) is 0. The van der Waals surface area contributed by atoms with E-state index in [-0.39, 0.29) is 36.4 Å². The Kier molecular flexibility index (Phi) is 5.50. The minimum atomic E-state index is 0.0417. The average Bonchev–Trinajstić information content (AvgIpc) is 2.65. The Labute approximate surface area is 160 Å². The second-order valence-corrected chi connectivity index (χ2v) is 7.62. The molecule has 2 fully saturated rings. The van der Waals surface area contributed by atoms with Gasteiger partial charge in [-0.15, -0.1) is 0 Å². The first-order chi connectivity index (χ1) is 13.3. The molecular weight excluding hydrogens is 338 g/mol. The van der Waals surface area contributed by atoms with Crippen molar-refractivity contribution in [1.82, 2.24) is 15.2 Å². The van der Waals surface area contributed by atoms with Crippen LogP contribution < -0.4 is 5.32 Å². The van der Waals surface area contributed by atoms with Crippen molar-refractivity contribution in [1.29, 1.82) is 0 Å². The first kappa shape index (κ1) is 18.1. The molecule has 2 aliphatic rings. The van der Waals surface area contributed by atoms with Gasteiger partial charge in [0.2, 0.25) is 5.91 Å². The molecule has 1 saturated carbocycles. The van der Waals surface area contributed by atoms with Gasteiger partial charge in [-0.1, -0.05) is 42.8 Å². The van der Waals surface area contributed by atoms with Gasteiger partial charge in [-0.3, -0.25) is 14.7 Å². The Bertz CT molecular complexity index is 749. The number of hydrogen-bond acceptors (Lipinski definition) is 4. The predicted molar refractivity (Wildman–Crippen MR) is 104 cm³/mol. The molecule has 1 aromatic carbocycles. The molecule has 0 unspecified atom stereocenters. The summed E-state index contributed by atoms with van der Waals surface area (Å²) < 4.78 is 0. The van der Waals surface area contributed by atoms with Gasteiger partial charge in [0.1, 0.15) is 0 Å². The van der Waals surface area contributed by atoms with E-state index in [1.165, 1.54) is 5.56 Å². The SMILES string of the molecule is O=C(NC[C@@H]1[C@@H](c2ccccc2)[C@H](CO)N1Cc1ccccn1)C1CCC1. The molecule has 4 rings (SSSR count). The van der Waals surface area contributed by atoms with Crippen LogP contribution in [0.1, 0.15) is 36.4 Å². The lowest BCUT2D eigenvalue weighted by Gasteiger charge is -2.55. The van der Waals surface area contributed by atoms with Crippen LogP contribution in [-0.2, 0) is 11.3 Å². The molecule has 1 amide bonds. The fourth-order valence-electron chi connectivity index (χ4n) is 4.33. The molecule has 1 saturated heterocycles. The molecule has 3 atom stereocenters. The van der Waals surface area contributed by atoms with Crippen LogP contribution in [0.25, 0.3) is 0 Å². The molecule has 5 heteroatoms. The zero-order chi connectivity index (χ0) is 18.6. The number of hydrogen-bond donors (Lipinski definition) is 2. The zero-order valence-electron chi connectivity index (χ0n) is 15.5. The van der Waals surface area contributed by atoms with Crippen LogP contribution in [0.5, 0.6) is 0 Å². The van der Waals surface area contributed by atoms with Gasteiger partial charge in [0.15, 0.2) is 0 Å². The van der Waals surface area contributed by atoms with E-state index in [9.17, 15) is 9.90 Å². The van der Waals surface area contributed by atoms with Crippen LogP contribution in [0.4, 0.5) is 0 Å². The number of rotatable bonds is 7. The lowest BCUT2D eigenvalue weighted by atomic mass is 9.74. The maximum atomic E-state index is 12.3. The molecule has 0 spiro atoms. The molecule has 1 aliphatic heterocycles. The minimum absolute atomic E-state index is 0.0417. The van der Waals surface area contributed by atoms with Gasteiger partial charge in [-0.05, 0) is 30.5 Å². The van der Waals surface area contributed by atoms with Crippen molar-refractivity contribution >= 4 is 5.91 Å². The number of aliphatic hydroxyl groups excluding tert-OH is 1. The molecule has 1 aromatic heterocycles. The zero-order valence-corrected chi connectivity index (χ0v) is 15.5. The number of nitrogens with zero attached hydrogens (tertiary/aromatic N) is 2. The van der Waals surface area contributed by atoms with E-state index in [4.69, 9.17) is 0 Å². The van der Waals surface area contributed by atoms with Crippen molar-refractivity contribution in [2.24, 2.45) is 5.92 Å². The number of likely N-dealkylation sites (tertiary alicyclic amines) is 1. The molecule has 2 N–H and O–H groups in total. The summed E-state index contributed by atoms with van der Waals surface area (Å²) in [6.45, 7) is 1.39. The monoisotopic (exact) mass is 365 g/mol. The number of carbonyl (C=O) groups excluding carboxylic acids is 1. The number of pyridine rings is 1. The normalized spacial score (nSPS) is 25.4. The maximum absolute atomic E-state index is 12.3. The fraction of sp³-hybridized carbons (Fsp3) is 0.455. The van der Waals surface area contributed by atoms with Gasteiger partial charge in [-0.2, -0.15) is 0 Å². The first-order valence-electron chi connectivity index (χ1n) is 9.87. The third-order valence-electron chi connectivity index (χ3n) is 6.08. The van der Waals surface area contributed by atoms with Gasteiger partial charge in [0.25, 0.3) is 0 Å². The topological polar surface area (TPSA) is 65.5 Å². The van der Waals surface area contributed by atoms with Crippen molar-refractivity contribution in [3.63, 3.8) is 0 Å². The first-order valence-corrected chi connectivity index (χ1v) is 9.87. The summed E-state index contributed by atoms with van der Waals surface area (Å²) in [5.41, 5.74) is 2.20. The molecule has 2 heterocycles. The van der Waals surface area contributed by atoms with E-state index in [1.807, 2.05) is 36.4 Å². The summed E-state index contributed by atoms with van der Waals surface area (Å²) in [5, 5.41) is 13.2. The fourth-order valence-corrected chi connectivity index (χ4v) is 4.33. The number of nitrogens with one attached hydrogen (secondary N) is 1. The molecule has 27 heavy (non-hydrogen) atoms. The van der Waals surface area contributed by atoms with Crippen molar-refractivity contribution in [2.45, 2.75) is 43.8 Å². The van der Waals surface area contributed by atoms with E-state index >= 15 is 0 Å². The number of aliphatic hydroxyl groups is 1. The minimum Gasteiger partial charge on any atom is -0.395 e. The summed E-state index contributed by atoms with van der Waals surface area (Å²) in [5.74, 6) is 0.582. The van der Waals surface area contributed by atoms with Crippen molar-refractivity contribution in [2.75, 3.05) is 13.2 Å². The van der Waals surface area contributed by atoms with Crippen LogP contribution >= 0.6 is 0 Å². The Morgan fingerprint density at radius 3 is 2.52 bits per heavy atom. The Hall–Kier alpha value is -2.24. The molecule has 1 aliphatic carbocycles. The number of benzene rings is 1. The largest absolute Gasteiger partial charge is 0.395 e. The third-order valence-corrected chi connectivity index (χ3v) is 6.08. The Morgan fingerprint density at radius 2 is 1.89 bits per heavy atom. The van der Waals surface area contributed by atoms with Gasteiger partial charge in [-0.25, -0.2) is 0 Å². The van der Waals surface area contributed by atoms with Crippen LogP contribution in [0.15, 0.2) is 54.7 Å². The third kappa shape index (κ3) is 3.75. The van der Waals surface area contributed by atoms with E-state index < -0.39 is 0 Å². The van der Waals surface area contributed by atoms with E-state index in [1.54, 1.807) is 6.20 Å². The van der Waals surface area contributed by atoms with Gasteiger partial charge in [0, 0.05) is 43.2 Å². The summed E-state index contributed by atoms with van der Waals surface area (Å²) in [6, 6.07) is 16.4. The van der Waals surface area contributed by atoms with Crippen molar-refractivity contribution in [3.8, 4) is 0 Å². The molecule has 2 aromatic rings. The highest BCUT2D eigenvalue weighted by Crippen LogP contribution is 2.41. The molecule has 0 radical (unpaired) electrons. The molecular formula is C22H27N3O2. The molecule has 5 nitrogen and oxygen atoms in total. The number of aromatic nitrogens is 1. The average molecular weight is 365 g/mol. The molecule has 0 bridgehead atoms. The van der Waals surface area contributed by atoms with E-state index in [2.05, 4.69) is 27.3 Å². The van der Waals surface area contributed by atoms with Crippen LogP contribution in [0.2, 0.25) is 0 Å². The van der Waals surface area contributed by atoms with Gasteiger partial charge >= 0.3 is 0 Å². The van der Waals surface area contributed by atoms with Crippen molar-refractivity contribution in [3.05, 3.63) is 66.0 Å². The second-order valence-electron chi connectivity index (χ2n) is 7.62. The Morgan fingerprint density at radius 1 is 1.11 bits per heavy atom. The van der Waals surface area contributed by atoms with Crippen molar-refractivity contribution < 1.29 is 9.90 Å². The van der Waals surface area contributed by atoms with Crippen LogP contribution in [0.3, 0.4) is 0 Å². The summed E-state index contributed by atoms with van der Waals surface area (Å²) >= 11 is 0. The standard InChI is InChI=1S/C22H27N3O2/c26-15-20-21(16-7-2-1-3-8-16)19(13-24-22(27)17-9-6-10-17)25(20)14-18-11-4-5-12-23-18/h1-5,7-8,11-12,17,19-21,26H,6,9-10,13-15H2,(H,24,27)/t19-,20+,21-/m1/s1. The van der Waals surface area contributed by atoms with E-state index in [0.29, 0.717) is 13.1 Å². The second kappa shape index (κ2) is 8.19. The highest BCUT2D eigenvalue weighted by molar-refractivity contribution is 5.79.